The zero-order valence-electron chi connectivity index (χ0n) is 72.4. The molecular formula is C92H172N2O21. The van der Waals surface area contributed by atoms with Gasteiger partial charge >= 0.3 is 5.97 Å². The molecule has 18 unspecified atom stereocenters. The van der Waals surface area contributed by atoms with Crippen molar-refractivity contribution in [3.05, 3.63) is 24.3 Å². The number of hydrogen-bond acceptors (Lipinski definition) is 20. The summed E-state index contributed by atoms with van der Waals surface area (Å²) in [6.07, 6.45) is 53.4. The summed E-state index contributed by atoms with van der Waals surface area (Å²) in [5, 5.41) is 137. The SMILES string of the molecule is CCCCCCCCCCCCCCCCC/C=C\C/C=C\CCCCCCCCCCCCCCCCCCCC(=O)NC(COC1OC(CO)C(OC2OC(CO)C(O)C(OC3(C(=O)O)CC(O)C(NC(C)=O)C(C(O)C(O)CO)O3)C2O)C(O)C1O)C(O)CCCCCCCCCCCCCCCCCCCCCCCC. The summed E-state index contributed by atoms with van der Waals surface area (Å²) in [6.45, 7) is 2.29. The molecule has 3 saturated heterocycles. The van der Waals surface area contributed by atoms with Crippen LogP contribution in [0.1, 0.15) is 406 Å². The van der Waals surface area contributed by atoms with Crippen molar-refractivity contribution in [1.29, 1.82) is 0 Å². The van der Waals surface area contributed by atoms with Crippen molar-refractivity contribution in [3.63, 3.8) is 0 Å². The van der Waals surface area contributed by atoms with Crippen molar-refractivity contribution in [2.45, 2.75) is 516 Å². The number of hydrogen-bond donors (Lipinski definition) is 14. The quantitative estimate of drug-likeness (QED) is 0.0199. The molecule has 0 radical (unpaired) electrons. The first-order valence-corrected chi connectivity index (χ1v) is 47.2. The maximum atomic E-state index is 13.6. The third kappa shape index (κ3) is 48.0. The lowest BCUT2D eigenvalue weighted by Gasteiger charge is -2.50. The monoisotopic (exact) mass is 1640 g/mol. The molecule has 0 aromatic rings. The van der Waals surface area contributed by atoms with Crippen LogP contribution >= 0.6 is 0 Å². The van der Waals surface area contributed by atoms with Crippen LogP contribution in [0.4, 0.5) is 0 Å². The van der Waals surface area contributed by atoms with E-state index in [1.165, 1.54) is 295 Å². The second-order valence-electron chi connectivity index (χ2n) is 34.2. The fourth-order valence-corrected chi connectivity index (χ4v) is 16.5. The second-order valence-corrected chi connectivity index (χ2v) is 34.2. The molecule has 115 heavy (non-hydrogen) atoms. The first-order valence-electron chi connectivity index (χ1n) is 47.2. The third-order valence-electron chi connectivity index (χ3n) is 23.9. The number of ether oxygens (including phenoxy) is 6. The highest BCUT2D eigenvalue weighted by molar-refractivity contribution is 5.77. The van der Waals surface area contributed by atoms with E-state index in [-0.39, 0.29) is 18.9 Å². The number of carboxylic acids is 1. The van der Waals surface area contributed by atoms with E-state index < -0.39 is 148 Å². The minimum absolute atomic E-state index is 0.226. The first-order chi connectivity index (χ1) is 55.9. The van der Waals surface area contributed by atoms with Gasteiger partial charge in [-0.05, 0) is 44.9 Å². The van der Waals surface area contributed by atoms with Crippen LogP contribution in [0.5, 0.6) is 0 Å². The zero-order valence-corrected chi connectivity index (χ0v) is 72.4. The average molecular weight is 1640 g/mol. The number of nitrogens with one attached hydrogen (secondary N) is 2. The van der Waals surface area contributed by atoms with Crippen LogP contribution in [0.3, 0.4) is 0 Å². The molecule has 0 spiro atoms. The number of aliphatic hydroxyl groups is 11. The molecule has 2 amide bonds. The van der Waals surface area contributed by atoms with E-state index in [0.29, 0.717) is 19.3 Å². The van der Waals surface area contributed by atoms with Crippen LogP contribution in [0.25, 0.3) is 0 Å². The van der Waals surface area contributed by atoms with Crippen LogP contribution in [0, 0.1) is 0 Å². The molecule has 14 N–H and O–H groups in total. The minimum Gasteiger partial charge on any atom is -0.477 e. The van der Waals surface area contributed by atoms with Gasteiger partial charge in [-0.15, -0.1) is 0 Å². The van der Waals surface area contributed by atoms with Gasteiger partial charge in [0.25, 0.3) is 5.79 Å². The molecular weight excluding hydrogens is 1470 g/mol. The topological polar surface area (TPSA) is 373 Å². The van der Waals surface area contributed by atoms with Crippen molar-refractivity contribution in [1.82, 2.24) is 10.6 Å². The molecule has 23 heteroatoms. The average Bonchev–Trinajstić information content (AvgIpc) is 0.756. The molecule has 3 rings (SSSR count). The minimum atomic E-state index is -3.08. The van der Waals surface area contributed by atoms with Crippen molar-refractivity contribution in [3.8, 4) is 0 Å². The van der Waals surface area contributed by atoms with Crippen LogP contribution in [0.2, 0.25) is 0 Å². The largest absolute Gasteiger partial charge is 0.477 e. The van der Waals surface area contributed by atoms with Crippen molar-refractivity contribution >= 4 is 17.8 Å². The maximum Gasteiger partial charge on any atom is 0.364 e. The fraction of sp³-hybridized carbons (Fsp3) is 0.924. The number of aliphatic hydroxyl groups excluding tert-OH is 11. The van der Waals surface area contributed by atoms with Gasteiger partial charge in [-0.25, -0.2) is 4.79 Å². The van der Waals surface area contributed by atoms with E-state index in [0.717, 1.165) is 64.7 Å². The van der Waals surface area contributed by atoms with Gasteiger partial charge in [-0.1, -0.05) is 366 Å². The first kappa shape index (κ1) is 106. The Balaban J connectivity index is 1.40. The Kier molecular flexibility index (Phi) is 64.5. The highest BCUT2D eigenvalue weighted by Crippen LogP contribution is 2.39. The van der Waals surface area contributed by atoms with E-state index in [4.69, 9.17) is 28.4 Å². The molecule has 0 aromatic carbocycles. The summed E-state index contributed by atoms with van der Waals surface area (Å²) in [5.41, 5.74) is 0. The van der Waals surface area contributed by atoms with E-state index >= 15 is 0 Å². The Bertz CT molecular complexity index is 2360. The van der Waals surface area contributed by atoms with Gasteiger partial charge in [0.05, 0.1) is 50.7 Å². The van der Waals surface area contributed by atoms with Gasteiger partial charge < -0.3 is 100 Å². The predicted octanol–water partition coefficient (Wildman–Crippen LogP) is 15.8. The number of carboxylic acid groups (broad SMARTS) is 1. The second kappa shape index (κ2) is 69.7. The Morgan fingerprint density at radius 3 is 1.22 bits per heavy atom. The highest BCUT2D eigenvalue weighted by atomic mass is 16.8. The third-order valence-corrected chi connectivity index (χ3v) is 23.9. The molecule has 3 fully saturated rings. The highest BCUT2D eigenvalue weighted by Gasteiger charge is 2.60. The molecule has 0 aliphatic carbocycles. The van der Waals surface area contributed by atoms with Gasteiger partial charge in [0.15, 0.2) is 12.6 Å². The smallest absolute Gasteiger partial charge is 0.364 e. The van der Waals surface area contributed by atoms with E-state index in [1.807, 2.05) is 0 Å². The normalized spacial score (nSPS) is 25.1. The number of unbranched alkanes of at least 4 members (excludes halogenated alkanes) is 53. The number of amides is 2. The number of aliphatic carboxylic acids is 1. The Labute approximate surface area is 695 Å². The predicted molar refractivity (Wildman–Crippen MR) is 454 cm³/mol. The lowest BCUT2D eigenvalue weighted by molar-refractivity contribution is -0.386. The molecule has 3 aliphatic rings. The summed E-state index contributed by atoms with van der Waals surface area (Å²) in [4.78, 5) is 38.8. The molecule has 3 heterocycles. The molecule has 18 atom stereocenters. The molecule has 0 aromatic heterocycles. The standard InChI is InChI=1S/C92H172N2O21/c1-4-6-8-10-12-14-16-18-20-22-24-26-28-29-30-31-32-33-34-35-36-37-38-39-40-41-42-43-44-46-48-50-52-54-56-58-60-62-64-66-79(102)94-73(74(99)65-63-61-59-57-55-53-51-49-47-45-27-25-23-21-19-17-15-13-11-9-7-5-2)71-110-89-84(106)83(105)86(78(70-97)112-89)113-90-85(107)88(82(104)77(69-96)111-90)115-92(91(108)109)67-75(100)80(93-72(3)98)87(114-92)81(103)76(101)68-95/h32-33,35-36,73-78,80-90,95-97,99-101,103-107H,4-31,34,37-71H2,1-3H3,(H,93,98)(H,94,102)(H,108,109)/b33-32-,36-35-. The lowest BCUT2D eigenvalue weighted by atomic mass is 9.88. The Morgan fingerprint density at radius 1 is 0.452 bits per heavy atom. The molecule has 23 nitrogen and oxygen atoms in total. The maximum absolute atomic E-state index is 13.6. The summed E-state index contributed by atoms with van der Waals surface area (Å²) < 4.78 is 35.1. The Hall–Kier alpha value is -2.79. The summed E-state index contributed by atoms with van der Waals surface area (Å²) >= 11 is 0. The molecule has 676 valence electrons. The van der Waals surface area contributed by atoms with Crippen LogP contribution in [-0.4, -0.2) is 215 Å². The van der Waals surface area contributed by atoms with Gasteiger partial charge in [0, 0.05) is 19.8 Å². The fourth-order valence-electron chi connectivity index (χ4n) is 16.5. The van der Waals surface area contributed by atoms with E-state index in [2.05, 4.69) is 48.8 Å². The zero-order chi connectivity index (χ0) is 83.8. The van der Waals surface area contributed by atoms with Gasteiger partial charge in [-0.2, -0.15) is 0 Å². The number of rotatable bonds is 77. The summed E-state index contributed by atoms with van der Waals surface area (Å²) in [7, 11) is 0. The molecule has 0 saturated carbocycles. The lowest BCUT2D eigenvalue weighted by Crippen LogP contribution is -2.70. The molecule has 0 bridgehead atoms. The van der Waals surface area contributed by atoms with Crippen molar-refractivity contribution in [2.24, 2.45) is 0 Å². The summed E-state index contributed by atoms with van der Waals surface area (Å²) in [5.74, 6) is -6.09. The van der Waals surface area contributed by atoms with Gasteiger partial charge in [-0.3, -0.25) is 9.59 Å². The summed E-state index contributed by atoms with van der Waals surface area (Å²) in [6, 6.07) is -2.53. The van der Waals surface area contributed by atoms with Gasteiger partial charge in [0.1, 0.15) is 67.1 Å². The van der Waals surface area contributed by atoms with E-state index in [9.17, 15) is 75.7 Å². The van der Waals surface area contributed by atoms with Crippen LogP contribution in [0.15, 0.2) is 24.3 Å². The van der Waals surface area contributed by atoms with Crippen LogP contribution in [-0.2, 0) is 42.8 Å². The van der Waals surface area contributed by atoms with Gasteiger partial charge in [0.2, 0.25) is 11.8 Å². The number of carbonyl (C=O) groups excluding carboxylic acids is 2. The Morgan fingerprint density at radius 2 is 0.835 bits per heavy atom. The van der Waals surface area contributed by atoms with Crippen molar-refractivity contribution < 1.29 is 104 Å². The van der Waals surface area contributed by atoms with E-state index in [1.54, 1.807) is 0 Å². The number of carbonyl (C=O) groups is 3. The van der Waals surface area contributed by atoms with Crippen LogP contribution < -0.4 is 10.6 Å². The number of allylic oxidation sites excluding steroid dienone is 4. The molecule has 3 aliphatic heterocycles. The van der Waals surface area contributed by atoms with Crippen molar-refractivity contribution in [2.75, 3.05) is 26.4 Å².